The molecule has 1 saturated carbocycles. The van der Waals surface area contributed by atoms with Crippen molar-refractivity contribution in [1.82, 2.24) is 10.2 Å². The highest BCUT2D eigenvalue weighted by atomic mass is 16.2. The van der Waals surface area contributed by atoms with Crippen LogP contribution in [0.2, 0.25) is 0 Å². The van der Waals surface area contributed by atoms with Crippen LogP contribution in [0, 0.1) is 18.8 Å². The highest BCUT2D eigenvalue weighted by Crippen LogP contribution is 2.39. The van der Waals surface area contributed by atoms with Gasteiger partial charge in [0.25, 0.3) is 0 Å². The smallest absolute Gasteiger partial charge is 0.226 e. The molecule has 2 atom stereocenters. The molecule has 1 aliphatic carbocycles. The van der Waals surface area contributed by atoms with Crippen molar-refractivity contribution in [2.24, 2.45) is 11.8 Å². The summed E-state index contributed by atoms with van der Waals surface area (Å²) in [7, 11) is 0. The van der Waals surface area contributed by atoms with Crippen LogP contribution in [0.4, 0.5) is 0 Å². The molecular formula is C19H26N2O2. The number of carbonyl (C=O) groups excluding carboxylic acids is 2. The summed E-state index contributed by atoms with van der Waals surface area (Å²) in [6.45, 7) is 5.22. The van der Waals surface area contributed by atoms with Gasteiger partial charge in [0, 0.05) is 19.0 Å². The molecule has 1 heterocycles. The second-order valence-electron chi connectivity index (χ2n) is 6.86. The van der Waals surface area contributed by atoms with Gasteiger partial charge >= 0.3 is 0 Å². The van der Waals surface area contributed by atoms with E-state index < -0.39 is 0 Å². The fourth-order valence-electron chi connectivity index (χ4n) is 3.54. The van der Waals surface area contributed by atoms with E-state index in [1.54, 1.807) is 0 Å². The van der Waals surface area contributed by atoms with E-state index in [0.29, 0.717) is 13.1 Å². The lowest BCUT2D eigenvalue weighted by atomic mass is 9.87. The molecule has 0 spiro atoms. The van der Waals surface area contributed by atoms with Gasteiger partial charge in [-0.05, 0) is 45.1 Å². The topological polar surface area (TPSA) is 49.4 Å². The molecule has 4 nitrogen and oxygen atoms in total. The summed E-state index contributed by atoms with van der Waals surface area (Å²) < 4.78 is 0. The van der Waals surface area contributed by atoms with Crippen molar-refractivity contribution in [3.8, 4) is 0 Å². The minimum atomic E-state index is -0.0706. The molecule has 0 aromatic heterocycles. The van der Waals surface area contributed by atoms with E-state index in [4.69, 9.17) is 0 Å². The van der Waals surface area contributed by atoms with Gasteiger partial charge in [-0.1, -0.05) is 29.8 Å². The Morgan fingerprint density at radius 1 is 1.17 bits per heavy atom. The summed E-state index contributed by atoms with van der Waals surface area (Å²) in [4.78, 5) is 26.9. The number of nitrogens with zero attached hydrogens (tertiary/aromatic N) is 1. The van der Waals surface area contributed by atoms with Crippen molar-refractivity contribution in [3.05, 3.63) is 35.4 Å². The minimum absolute atomic E-state index is 0.0706. The maximum Gasteiger partial charge on any atom is 0.226 e. The summed E-state index contributed by atoms with van der Waals surface area (Å²) in [5.41, 5.74) is 2.42. The van der Waals surface area contributed by atoms with Crippen molar-refractivity contribution in [2.75, 3.05) is 13.1 Å². The largest absolute Gasteiger partial charge is 0.356 e. The Kier molecular flexibility index (Phi) is 4.69. The molecule has 1 N–H and O–H groups in total. The monoisotopic (exact) mass is 314 g/mol. The molecule has 124 valence electrons. The second kappa shape index (κ2) is 6.73. The predicted molar refractivity (Wildman–Crippen MR) is 89.8 cm³/mol. The third kappa shape index (κ3) is 3.57. The Bertz CT molecular complexity index is 595. The number of rotatable bonds is 4. The van der Waals surface area contributed by atoms with Crippen LogP contribution in [-0.4, -0.2) is 29.8 Å². The normalized spacial score (nSPS) is 24.3. The van der Waals surface area contributed by atoms with Gasteiger partial charge in [-0.2, -0.15) is 0 Å². The van der Waals surface area contributed by atoms with E-state index in [1.807, 2.05) is 11.8 Å². The number of nitrogens with one attached hydrogen (secondary N) is 1. The minimum Gasteiger partial charge on any atom is -0.356 e. The average molecular weight is 314 g/mol. The van der Waals surface area contributed by atoms with Crippen LogP contribution in [0.3, 0.4) is 0 Å². The summed E-state index contributed by atoms with van der Waals surface area (Å²) in [6, 6.07) is 8.53. The number of aryl methyl sites for hydroxylation is 1. The van der Waals surface area contributed by atoms with Crippen molar-refractivity contribution in [1.29, 1.82) is 0 Å². The molecule has 2 amide bonds. The molecule has 0 unspecified atom stereocenters. The van der Waals surface area contributed by atoms with Crippen LogP contribution in [0.1, 0.15) is 49.8 Å². The van der Waals surface area contributed by atoms with Crippen LogP contribution in [0.15, 0.2) is 24.3 Å². The van der Waals surface area contributed by atoms with Crippen molar-refractivity contribution in [2.45, 2.75) is 45.6 Å². The maximum atomic E-state index is 12.7. The zero-order valence-electron chi connectivity index (χ0n) is 14.0. The van der Waals surface area contributed by atoms with E-state index in [1.165, 1.54) is 11.1 Å². The van der Waals surface area contributed by atoms with E-state index in [2.05, 4.69) is 36.5 Å². The number of amides is 2. The molecule has 4 heteroatoms. The first-order valence-electron chi connectivity index (χ1n) is 8.75. The van der Waals surface area contributed by atoms with Gasteiger partial charge < -0.3 is 10.2 Å². The lowest BCUT2D eigenvalue weighted by Gasteiger charge is -2.39. The number of likely N-dealkylation sites (tertiary alicyclic amines) is 1. The van der Waals surface area contributed by atoms with Gasteiger partial charge in [-0.25, -0.2) is 0 Å². The van der Waals surface area contributed by atoms with E-state index in [-0.39, 0.29) is 29.7 Å². The van der Waals surface area contributed by atoms with Gasteiger partial charge in [0.15, 0.2) is 0 Å². The van der Waals surface area contributed by atoms with Crippen LogP contribution < -0.4 is 5.32 Å². The van der Waals surface area contributed by atoms with Crippen LogP contribution >= 0.6 is 0 Å². The van der Waals surface area contributed by atoms with E-state index in [0.717, 1.165) is 25.7 Å². The molecule has 2 aliphatic rings. The Labute approximate surface area is 138 Å². The molecule has 1 aliphatic heterocycles. The third-order valence-corrected chi connectivity index (χ3v) is 4.94. The lowest BCUT2D eigenvalue weighted by molar-refractivity contribution is -0.140. The number of piperidine rings is 1. The lowest BCUT2D eigenvalue weighted by Crippen LogP contribution is -2.47. The molecule has 1 aromatic rings. The van der Waals surface area contributed by atoms with Gasteiger partial charge in [0.2, 0.25) is 11.8 Å². The molecule has 0 radical (unpaired) electrons. The highest BCUT2D eigenvalue weighted by Gasteiger charge is 2.41. The second-order valence-corrected chi connectivity index (χ2v) is 6.86. The number of benzene rings is 1. The Morgan fingerprint density at radius 3 is 2.57 bits per heavy atom. The maximum absolute atomic E-state index is 12.7. The van der Waals surface area contributed by atoms with Crippen molar-refractivity contribution in [3.63, 3.8) is 0 Å². The third-order valence-electron chi connectivity index (χ3n) is 4.94. The number of carbonyl (C=O) groups is 2. The molecular weight excluding hydrogens is 288 g/mol. The summed E-state index contributed by atoms with van der Waals surface area (Å²) in [5, 5.41) is 2.91. The first-order chi connectivity index (χ1) is 11.1. The molecule has 3 rings (SSSR count). The van der Waals surface area contributed by atoms with E-state index in [9.17, 15) is 9.59 Å². The van der Waals surface area contributed by atoms with Crippen LogP contribution in [0.5, 0.6) is 0 Å². The van der Waals surface area contributed by atoms with Gasteiger partial charge in [0.1, 0.15) is 0 Å². The quantitative estimate of drug-likeness (QED) is 0.929. The first kappa shape index (κ1) is 16.0. The molecule has 0 bridgehead atoms. The van der Waals surface area contributed by atoms with Crippen molar-refractivity contribution >= 4 is 11.8 Å². The zero-order chi connectivity index (χ0) is 16.4. The van der Waals surface area contributed by atoms with Crippen molar-refractivity contribution < 1.29 is 9.59 Å². The van der Waals surface area contributed by atoms with Gasteiger partial charge in [-0.15, -0.1) is 0 Å². The fraction of sp³-hybridized carbons (Fsp3) is 0.579. The van der Waals surface area contributed by atoms with Gasteiger partial charge in [0.05, 0.1) is 12.0 Å². The van der Waals surface area contributed by atoms with Gasteiger partial charge in [-0.3, -0.25) is 9.59 Å². The predicted octanol–water partition coefficient (Wildman–Crippen LogP) is 2.82. The summed E-state index contributed by atoms with van der Waals surface area (Å²) in [6.07, 6.45) is 3.71. The Hall–Kier alpha value is -1.84. The molecule has 1 saturated heterocycles. The SMILES string of the molecule is CCNC(=O)[C@@H]1CC[C@H](c2cccc(C)c2)N(C(=O)C2CC2)C1. The Balaban J connectivity index is 1.81. The zero-order valence-corrected chi connectivity index (χ0v) is 14.0. The molecule has 2 fully saturated rings. The van der Waals surface area contributed by atoms with Crippen LogP contribution in [-0.2, 0) is 9.59 Å². The van der Waals surface area contributed by atoms with E-state index >= 15 is 0 Å². The summed E-state index contributed by atoms with van der Waals surface area (Å²) in [5.74, 6) is 0.447. The highest BCUT2D eigenvalue weighted by molar-refractivity contribution is 5.84. The standard InChI is InChI=1S/C19H26N2O2/c1-3-20-18(22)16-9-10-17(15-6-4-5-13(2)11-15)21(12-16)19(23)14-7-8-14/h4-6,11,14,16-17H,3,7-10,12H2,1-2H3,(H,20,22)/t16-,17-/m1/s1. The molecule has 1 aromatic carbocycles. The van der Waals surface area contributed by atoms with Crippen LogP contribution in [0.25, 0.3) is 0 Å². The average Bonchev–Trinajstić information content (AvgIpc) is 3.39. The Morgan fingerprint density at radius 2 is 1.91 bits per heavy atom. The number of hydrogen-bond donors (Lipinski definition) is 1. The number of hydrogen-bond acceptors (Lipinski definition) is 2. The molecule has 23 heavy (non-hydrogen) atoms. The summed E-state index contributed by atoms with van der Waals surface area (Å²) >= 11 is 0. The first-order valence-corrected chi connectivity index (χ1v) is 8.75. The fourth-order valence-corrected chi connectivity index (χ4v) is 3.54.